The molecule has 1 aromatic heterocycles. The Morgan fingerprint density at radius 3 is 2.58 bits per heavy atom. The highest BCUT2D eigenvalue weighted by Crippen LogP contribution is 2.21. The average molecular weight is 325 g/mol. The molecule has 2 heterocycles. The maximum atomic E-state index is 12.5. The van der Waals surface area contributed by atoms with Gasteiger partial charge >= 0.3 is 0 Å². The molecule has 1 saturated heterocycles. The predicted octanol–water partition coefficient (Wildman–Crippen LogP) is 3.71. The van der Waals surface area contributed by atoms with Crippen molar-refractivity contribution in [3.8, 4) is 5.75 Å². The fourth-order valence-electron chi connectivity index (χ4n) is 2.97. The van der Waals surface area contributed by atoms with Gasteiger partial charge in [-0.3, -0.25) is 4.79 Å². The standard InChI is InChI=1S/C19H23N3O2/c1-14-4-3-11-22(13-14)19(23)18-10-7-16(12-20-18)21-15-5-8-17(24-2)9-6-15/h5-10,12,14,21H,3-4,11,13H2,1-2H3. The first-order valence-electron chi connectivity index (χ1n) is 8.32. The molecule has 5 nitrogen and oxygen atoms in total. The Morgan fingerprint density at radius 2 is 1.96 bits per heavy atom. The Labute approximate surface area is 142 Å². The Bertz CT molecular complexity index is 683. The number of benzene rings is 1. The first kappa shape index (κ1) is 16.3. The molecule has 5 heteroatoms. The van der Waals surface area contributed by atoms with Crippen LogP contribution in [-0.4, -0.2) is 36.0 Å². The van der Waals surface area contributed by atoms with Crippen molar-refractivity contribution in [1.82, 2.24) is 9.88 Å². The number of ether oxygens (including phenoxy) is 1. The van der Waals surface area contributed by atoms with Gasteiger partial charge in [0, 0.05) is 18.8 Å². The Kier molecular flexibility index (Phi) is 4.99. The lowest BCUT2D eigenvalue weighted by molar-refractivity contribution is 0.0677. The maximum absolute atomic E-state index is 12.5. The summed E-state index contributed by atoms with van der Waals surface area (Å²) >= 11 is 0. The molecule has 0 saturated carbocycles. The summed E-state index contributed by atoms with van der Waals surface area (Å²) in [5, 5.41) is 3.26. The minimum absolute atomic E-state index is 0.0255. The van der Waals surface area contributed by atoms with E-state index in [1.54, 1.807) is 19.4 Å². The number of anilines is 2. The zero-order valence-corrected chi connectivity index (χ0v) is 14.2. The Hall–Kier alpha value is -2.56. The van der Waals surface area contributed by atoms with Crippen molar-refractivity contribution in [2.45, 2.75) is 19.8 Å². The molecule has 1 aliphatic rings. The van der Waals surface area contributed by atoms with Crippen LogP contribution in [0.1, 0.15) is 30.3 Å². The Balaban J connectivity index is 1.65. The lowest BCUT2D eigenvalue weighted by Gasteiger charge is -2.30. The highest BCUT2D eigenvalue weighted by molar-refractivity contribution is 5.92. The summed E-state index contributed by atoms with van der Waals surface area (Å²) in [4.78, 5) is 18.8. The summed E-state index contributed by atoms with van der Waals surface area (Å²) in [6.07, 6.45) is 3.97. The van der Waals surface area contributed by atoms with Crippen LogP contribution in [0.15, 0.2) is 42.6 Å². The monoisotopic (exact) mass is 325 g/mol. The van der Waals surface area contributed by atoms with Crippen LogP contribution >= 0.6 is 0 Å². The average Bonchev–Trinajstić information content (AvgIpc) is 2.62. The van der Waals surface area contributed by atoms with Gasteiger partial charge in [0.2, 0.25) is 0 Å². The summed E-state index contributed by atoms with van der Waals surface area (Å²) in [7, 11) is 1.64. The lowest BCUT2D eigenvalue weighted by atomic mass is 10.00. The number of piperidine rings is 1. The largest absolute Gasteiger partial charge is 0.497 e. The third-order valence-electron chi connectivity index (χ3n) is 4.31. The molecule has 0 radical (unpaired) electrons. The number of rotatable bonds is 4. The van der Waals surface area contributed by atoms with Crippen LogP contribution < -0.4 is 10.1 Å². The van der Waals surface area contributed by atoms with E-state index in [9.17, 15) is 4.79 Å². The number of nitrogens with zero attached hydrogens (tertiary/aromatic N) is 2. The number of amides is 1. The van der Waals surface area contributed by atoms with Crippen LogP contribution in [-0.2, 0) is 0 Å². The number of likely N-dealkylation sites (tertiary alicyclic amines) is 1. The molecule has 1 fully saturated rings. The number of hydrogen-bond donors (Lipinski definition) is 1. The van der Waals surface area contributed by atoms with E-state index in [2.05, 4.69) is 17.2 Å². The summed E-state index contributed by atoms with van der Waals surface area (Å²) in [6.45, 7) is 3.85. The number of nitrogens with one attached hydrogen (secondary N) is 1. The van der Waals surface area contributed by atoms with E-state index in [-0.39, 0.29) is 5.91 Å². The van der Waals surface area contributed by atoms with Gasteiger partial charge in [-0.15, -0.1) is 0 Å². The van der Waals surface area contributed by atoms with E-state index in [0.29, 0.717) is 11.6 Å². The molecule has 1 aliphatic heterocycles. The lowest BCUT2D eigenvalue weighted by Crippen LogP contribution is -2.39. The fourth-order valence-corrected chi connectivity index (χ4v) is 2.97. The van der Waals surface area contributed by atoms with E-state index in [1.807, 2.05) is 35.2 Å². The van der Waals surface area contributed by atoms with E-state index in [0.717, 1.165) is 36.6 Å². The highest BCUT2D eigenvalue weighted by Gasteiger charge is 2.22. The number of pyridine rings is 1. The van der Waals surface area contributed by atoms with Gasteiger partial charge in [0.25, 0.3) is 5.91 Å². The third-order valence-corrected chi connectivity index (χ3v) is 4.31. The zero-order valence-electron chi connectivity index (χ0n) is 14.2. The van der Waals surface area contributed by atoms with Crippen molar-refractivity contribution in [3.05, 3.63) is 48.3 Å². The van der Waals surface area contributed by atoms with Crippen LogP contribution in [0.3, 0.4) is 0 Å². The number of aromatic nitrogens is 1. The van der Waals surface area contributed by atoms with E-state index >= 15 is 0 Å². The van der Waals surface area contributed by atoms with Crippen LogP contribution in [0.5, 0.6) is 5.75 Å². The van der Waals surface area contributed by atoms with Crippen molar-refractivity contribution in [1.29, 1.82) is 0 Å². The molecule has 126 valence electrons. The van der Waals surface area contributed by atoms with Gasteiger partial charge in [0.05, 0.1) is 19.0 Å². The summed E-state index contributed by atoms with van der Waals surface area (Å²) in [5.74, 6) is 1.41. The van der Waals surface area contributed by atoms with Gasteiger partial charge in [0.15, 0.2) is 0 Å². The minimum Gasteiger partial charge on any atom is -0.497 e. The number of methoxy groups -OCH3 is 1. The molecule has 3 rings (SSSR count). The quantitative estimate of drug-likeness (QED) is 0.931. The summed E-state index contributed by atoms with van der Waals surface area (Å²) in [5.41, 5.74) is 2.30. The zero-order chi connectivity index (χ0) is 16.9. The smallest absolute Gasteiger partial charge is 0.272 e. The molecule has 2 aromatic rings. The van der Waals surface area contributed by atoms with Crippen molar-refractivity contribution in [2.24, 2.45) is 5.92 Å². The minimum atomic E-state index is 0.0255. The first-order valence-corrected chi connectivity index (χ1v) is 8.32. The van der Waals surface area contributed by atoms with Crippen LogP contribution in [0.25, 0.3) is 0 Å². The maximum Gasteiger partial charge on any atom is 0.272 e. The summed E-state index contributed by atoms with van der Waals surface area (Å²) in [6, 6.07) is 11.3. The van der Waals surface area contributed by atoms with Crippen molar-refractivity contribution in [2.75, 3.05) is 25.5 Å². The molecule has 0 bridgehead atoms. The van der Waals surface area contributed by atoms with Gasteiger partial charge in [-0.2, -0.15) is 0 Å². The number of carbonyl (C=O) groups is 1. The molecule has 0 spiro atoms. The molecule has 1 aromatic carbocycles. The van der Waals surface area contributed by atoms with Crippen LogP contribution in [0.4, 0.5) is 11.4 Å². The van der Waals surface area contributed by atoms with Crippen molar-refractivity contribution in [3.63, 3.8) is 0 Å². The molecule has 1 atom stereocenters. The normalized spacial score (nSPS) is 17.4. The number of carbonyl (C=O) groups excluding carboxylic acids is 1. The van der Waals surface area contributed by atoms with E-state index in [1.165, 1.54) is 6.42 Å². The van der Waals surface area contributed by atoms with Crippen molar-refractivity contribution < 1.29 is 9.53 Å². The molecule has 1 unspecified atom stereocenters. The molecule has 0 aliphatic carbocycles. The number of hydrogen-bond acceptors (Lipinski definition) is 4. The van der Waals surface area contributed by atoms with Crippen LogP contribution in [0, 0.1) is 5.92 Å². The summed E-state index contributed by atoms with van der Waals surface area (Å²) < 4.78 is 5.14. The second-order valence-corrected chi connectivity index (χ2v) is 6.28. The third kappa shape index (κ3) is 3.85. The van der Waals surface area contributed by atoms with Crippen LogP contribution in [0.2, 0.25) is 0 Å². The van der Waals surface area contributed by atoms with E-state index in [4.69, 9.17) is 4.74 Å². The van der Waals surface area contributed by atoms with Gasteiger partial charge in [-0.25, -0.2) is 4.98 Å². The van der Waals surface area contributed by atoms with Gasteiger partial charge in [-0.05, 0) is 55.2 Å². The highest BCUT2D eigenvalue weighted by atomic mass is 16.5. The topological polar surface area (TPSA) is 54.5 Å². The molecular formula is C19H23N3O2. The molecule has 1 N–H and O–H groups in total. The predicted molar refractivity (Wildman–Crippen MR) is 94.8 cm³/mol. The van der Waals surface area contributed by atoms with Gasteiger partial charge in [-0.1, -0.05) is 6.92 Å². The SMILES string of the molecule is COc1ccc(Nc2ccc(C(=O)N3CCCC(C)C3)nc2)cc1. The first-order chi connectivity index (χ1) is 11.7. The molecular weight excluding hydrogens is 302 g/mol. The molecule has 24 heavy (non-hydrogen) atoms. The van der Waals surface area contributed by atoms with Gasteiger partial charge in [0.1, 0.15) is 11.4 Å². The second kappa shape index (κ2) is 7.34. The van der Waals surface area contributed by atoms with Crippen molar-refractivity contribution >= 4 is 17.3 Å². The second-order valence-electron chi connectivity index (χ2n) is 6.28. The van der Waals surface area contributed by atoms with E-state index < -0.39 is 0 Å². The Morgan fingerprint density at radius 1 is 1.21 bits per heavy atom. The van der Waals surface area contributed by atoms with Gasteiger partial charge < -0.3 is 15.0 Å². The molecule has 1 amide bonds. The fraction of sp³-hybridized carbons (Fsp3) is 0.368.